The van der Waals surface area contributed by atoms with E-state index in [1.54, 1.807) is 18.3 Å². The Hall–Kier alpha value is -2.92. The number of fused-ring (bicyclic) bond motifs is 1. The lowest BCUT2D eigenvalue weighted by Crippen LogP contribution is -2.24. The third-order valence-electron chi connectivity index (χ3n) is 3.97. The molecule has 3 N–H and O–H groups in total. The Morgan fingerprint density at radius 3 is 2.64 bits per heavy atom. The van der Waals surface area contributed by atoms with Gasteiger partial charge >= 0.3 is 0 Å². The zero-order chi connectivity index (χ0) is 17.5. The lowest BCUT2D eigenvalue weighted by molar-refractivity contribution is 0.0951. The topological polar surface area (TPSA) is 74.2 Å². The average molecular weight is 335 g/mol. The van der Waals surface area contributed by atoms with Gasteiger partial charge in [-0.1, -0.05) is 24.3 Å². The van der Waals surface area contributed by atoms with Gasteiger partial charge < -0.3 is 15.7 Å². The van der Waals surface area contributed by atoms with Crippen LogP contribution in [-0.2, 0) is 6.54 Å². The molecule has 128 valence electrons. The number of benzene rings is 2. The van der Waals surface area contributed by atoms with Gasteiger partial charge in [-0.3, -0.25) is 9.78 Å². The monoisotopic (exact) mass is 335 g/mol. The van der Waals surface area contributed by atoms with Crippen LogP contribution in [0.4, 0.5) is 5.69 Å². The molecule has 0 spiro atoms. The first kappa shape index (κ1) is 16.9. The molecule has 0 radical (unpaired) electrons. The molecular formula is C20H21N3O2. The number of aliphatic hydroxyl groups is 1. The van der Waals surface area contributed by atoms with Crippen molar-refractivity contribution in [3.8, 4) is 0 Å². The van der Waals surface area contributed by atoms with Crippen molar-refractivity contribution in [1.29, 1.82) is 0 Å². The summed E-state index contributed by atoms with van der Waals surface area (Å²) in [4.78, 5) is 16.4. The standard InChI is InChI=1S/C20H21N3O2/c24-13-3-12-22-20(25)16-7-9-18(10-8-16)23-14-17-5-1-4-15-6-2-11-21-19(15)17/h1-2,4-11,23-24H,3,12-14H2,(H,22,25). The maximum absolute atomic E-state index is 11.9. The summed E-state index contributed by atoms with van der Waals surface area (Å²) in [7, 11) is 0. The second kappa shape index (κ2) is 8.26. The van der Waals surface area contributed by atoms with Gasteiger partial charge in [-0.15, -0.1) is 0 Å². The first-order valence-corrected chi connectivity index (χ1v) is 8.33. The van der Waals surface area contributed by atoms with Crippen molar-refractivity contribution < 1.29 is 9.90 Å². The smallest absolute Gasteiger partial charge is 0.251 e. The quantitative estimate of drug-likeness (QED) is 0.580. The molecule has 5 heteroatoms. The van der Waals surface area contributed by atoms with Crippen LogP contribution in [-0.4, -0.2) is 29.1 Å². The molecule has 0 aliphatic heterocycles. The zero-order valence-corrected chi connectivity index (χ0v) is 13.9. The molecule has 5 nitrogen and oxygen atoms in total. The fourth-order valence-corrected chi connectivity index (χ4v) is 2.63. The fraction of sp³-hybridized carbons (Fsp3) is 0.200. The van der Waals surface area contributed by atoms with Crippen molar-refractivity contribution >= 4 is 22.5 Å². The highest BCUT2D eigenvalue weighted by Gasteiger charge is 2.05. The molecule has 1 amide bonds. The number of carbonyl (C=O) groups excluding carboxylic acids is 1. The normalized spacial score (nSPS) is 10.6. The summed E-state index contributed by atoms with van der Waals surface area (Å²) in [6.45, 7) is 1.21. The van der Waals surface area contributed by atoms with Crippen LogP contribution < -0.4 is 10.6 Å². The van der Waals surface area contributed by atoms with E-state index in [0.29, 0.717) is 25.1 Å². The summed E-state index contributed by atoms with van der Waals surface area (Å²) in [6, 6.07) is 17.5. The fourth-order valence-electron chi connectivity index (χ4n) is 2.63. The van der Waals surface area contributed by atoms with E-state index in [1.165, 1.54) is 0 Å². The van der Waals surface area contributed by atoms with Gasteiger partial charge in [0.05, 0.1) is 5.52 Å². The minimum absolute atomic E-state index is 0.0756. The minimum Gasteiger partial charge on any atom is -0.396 e. The van der Waals surface area contributed by atoms with E-state index in [0.717, 1.165) is 22.2 Å². The second-order valence-electron chi connectivity index (χ2n) is 5.76. The van der Waals surface area contributed by atoms with Crippen molar-refractivity contribution in [2.45, 2.75) is 13.0 Å². The molecule has 0 unspecified atom stereocenters. The summed E-state index contributed by atoms with van der Waals surface area (Å²) < 4.78 is 0. The van der Waals surface area contributed by atoms with Gasteiger partial charge in [0.2, 0.25) is 0 Å². The number of hydrogen-bond donors (Lipinski definition) is 3. The number of amides is 1. The van der Waals surface area contributed by atoms with Gasteiger partial charge in [-0.05, 0) is 42.3 Å². The summed E-state index contributed by atoms with van der Waals surface area (Å²) in [5, 5.41) is 16.0. The van der Waals surface area contributed by atoms with E-state index in [4.69, 9.17) is 5.11 Å². The highest BCUT2D eigenvalue weighted by atomic mass is 16.3. The predicted molar refractivity (Wildman–Crippen MR) is 99.5 cm³/mol. The molecule has 1 aromatic heterocycles. The maximum Gasteiger partial charge on any atom is 0.251 e. The van der Waals surface area contributed by atoms with E-state index in [-0.39, 0.29) is 12.5 Å². The second-order valence-corrected chi connectivity index (χ2v) is 5.76. The van der Waals surface area contributed by atoms with Crippen LogP contribution in [0.25, 0.3) is 10.9 Å². The van der Waals surface area contributed by atoms with Crippen LogP contribution in [0.5, 0.6) is 0 Å². The van der Waals surface area contributed by atoms with Crippen molar-refractivity contribution in [3.63, 3.8) is 0 Å². The highest BCUT2D eigenvalue weighted by molar-refractivity contribution is 5.94. The summed E-state index contributed by atoms with van der Waals surface area (Å²) in [6.07, 6.45) is 2.36. The summed E-state index contributed by atoms with van der Waals surface area (Å²) >= 11 is 0. The van der Waals surface area contributed by atoms with Crippen LogP contribution >= 0.6 is 0 Å². The minimum atomic E-state index is -0.127. The van der Waals surface area contributed by atoms with Gasteiger partial charge in [0, 0.05) is 42.5 Å². The number of aromatic nitrogens is 1. The van der Waals surface area contributed by atoms with Crippen LogP contribution in [0, 0.1) is 0 Å². The Morgan fingerprint density at radius 1 is 1.04 bits per heavy atom. The van der Waals surface area contributed by atoms with E-state index < -0.39 is 0 Å². The largest absolute Gasteiger partial charge is 0.396 e. The molecule has 3 aromatic rings. The van der Waals surface area contributed by atoms with Crippen LogP contribution in [0.3, 0.4) is 0 Å². The van der Waals surface area contributed by atoms with Gasteiger partial charge in [0.1, 0.15) is 0 Å². The van der Waals surface area contributed by atoms with Gasteiger partial charge in [0.15, 0.2) is 0 Å². The van der Waals surface area contributed by atoms with E-state index >= 15 is 0 Å². The Morgan fingerprint density at radius 2 is 1.84 bits per heavy atom. The highest BCUT2D eigenvalue weighted by Crippen LogP contribution is 2.18. The molecule has 0 saturated carbocycles. The number of carbonyl (C=O) groups is 1. The third-order valence-corrected chi connectivity index (χ3v) is 3.97. The number of rotatable bonds is 7. The Balaban J connectivity index is 1.63. The molecule has 25 heavy (non-hydrogen) atoms. The van der Waals surface area contributed by atoms with Crippen LogP contribution in [0.15, 0.2) is 60.8 Å². The van der Waals surface area contributed by atoms with E-state index in [1.807, 2.05) is 24.3 Å². The number of hydrogen-bond acceptors (Lipinski definition) is 4. The predicted octanol–water partition coefficient (Wildman–Crippen LogP) is 2.96. The molecule has 0 bridgehead atoms. The van der Waals surface area contributed by atoms with Crippen LogP contribution in [0.1, 0.15) is 22.3 Å². The molecule has 0 aliphatic carbocycles. The van der Waals surface area contributed by atoms with E-state index in [2.05, 4.69) is 33.8 Å². The van der Waals surface area contributed by atoms with Gasteiger partial charge in [-0.2, -0.15) is 0 Å². The van der Waals surface area contributed by atoms with Crippen LogP contribution in [0.2, 0.25) is 0 Å². The lowest BCUT2D eigenvalue weighted by atomic mass is 10.1. The molecule has 0 saturated heterocycles. The van der Waals surface area contributed by atoms with Crippen molar-refractivity contribution in [2.24, 2.45) is 0 Å². The number of pyridine rings is 1. The van der Waals surface area contributed by atoms with Crippen molar-refractivity contribution in [3.05, 3.63) is 71.9 Å². The maximum atomic E-state index is 11.9. The molecular weight excluding hydrogens is 314 g/mol. The average Bonchev–Trinajstić information content (AvgIpc) is 2.67. The Labute approximate surface area is 146 Å². The SMILES string of the molecule is O=C(NCCCO)c1ccc(NCc2cccc3cccnc23)cc1. The number of nitrogens with one attached hydrogen (secondary N) is 2. The molecule has 1 heterocycles. The lowest BCUT2D eigenvalue weighted by Gasteiger charge is -2.10. The Bertz CT molecular complexity index is 842. The zero-order valence-electron chi connectivity index (χ0n) is 13.9. The first-order chi connectivity index (χ1) is 12.3. The Kier molecular flexibility index (Phi) is 5.59. The van der Waals surface area contributed by atoms with Gasteiger partial charge in [-0.25, -0.2) is 0 Å². The molecule has 0 aliphatic rings. The first-order valence-electron chi connectivity index (χ1n) is 8.33. The number of para-hydroxylation sites is 1. The number of anilines is 1. The number of nitrogens with zero attached hydrogens (tertiary/aromatic N) is 1. The summed E-state index contributed by atoms with van der Waals surface area (Å²) in [5.74, 6) is -0.127. The van der Waals surface area contributed by atoms with Crippen molar-refractivity contribution in [1.82, 2.24) is 10.3 Å². The number of aliphatic hydroxyl groups excluding tert-OH is 1. The van der Waals surface area contributed by atoms with Crippen molar-refractivity contribution in [2.75, 3.05) is 18.5 Å². The van der Waals surface area contributed by atoms with E-state index in [9.17, 15) is 4.79 Å². The molecule has 0 fully saturated rings. The molecule has 0 atom stereocenters. The summed E-state index contributed by atoms with van der Waals surface area (Å²) in [5.41, 5.74) is 3.68. The third kappa shape index (κ3) is 4.33. The molecule has 2 aromatic carbocycles. The molecule has 3 rings (SSSR count). The van der Waals surface area contributed by atoms with Gasteiger partial charge in [0.25, 0.3) is 5.91 Å².